The minimum Gasteiger partial charge on any atom is -0.507 e. The summed E-state index contributed by atoms with van der Waals surface area (Å²) in [5.74, 6) is -0.328. The first kappa shape index (κ1) is 16.3. The number of carbonyl (C=O) groups excluding carboxylic acids is 1. The second kappa shape index (κ2) is 7.32. The van der Waals surface area contributed by atoms with Crippen molar-refractivity contribution in [3.8, 4) is 5.75 Å². The van der Waals surface area contributed by atoms with E-state index in [9.17, 15) is 9.90 Å². The van der Waals surface area contributed by atoms with Gasteiger partial charge in [0, 0.05) is 0 Å². The highest BCUT2D eigenvalue weighted by Crippen LogP contribution is 2.30. The Hall–Kier alpha value is -2.59. The fraction of sp³-hybridized carbons (Fsp3) is 0.250. The van der Waals surface area contributed by atoms with Crippen molar-refractivity contribution < 1.29 is 15.0 Å². The van der Waals surface area contributed by atoms with Crippen LogP contribution in [0.1, 0.15) is 45.9 Å². The van der Waals surface area contributed by atoms with Crippen LogP contribution in [-0.4, -0.2) is 22.7 Å². The summed E-state index contributed by atoms with van der Waals surface area (Å²) < 4.78 is 0. The Balaban J connectivity index is 1.82. The molecule has 0 saturated carbocycles. The van der Waals surface area contributed by atoms with Gasteiger partial charge < -0.3 is 15.5 Å². The largest absolute Gasteiger partial charge is 0.507 e. The number of carbonyl (C=O) groups is 1. The van der Waals surface area contributed by atoms with Crippen LogP contribution in [0.3, 0.4) is 0 Å². The molecule has 24 heavy (non-hydrogen) atoms. The van der Waals surface area contributed by atoms with E-state index in [0.29, 0.717) is 0 Å². The summed E-state index contributed by atoms with van der Waals surface area (Å²) >= 11 is 0. The smallest absolute Gasteiger partial charge is 0.255 e. The van der Waals surface area contributed by atoms with Crippen molar-refractivity contribution in [3.63, 3.8) is 0 Å². The highest BCUT2D eigenvalue weighted by Gasteiger charge is 2.23. The van der Waals surface area contributed by atoms with E-state index in [1.807, 2.05) is 12.1 Å². The minimum absolute atomic E-state index is 0.0292. The number of hydrogen-bond acceptors (Lipinski definition) is 3. The molecule has 2 aromatic rings. The molecule has 4 heteroatoms. The van der Waals surface area contributed by atoms with Crippen LogP contribution >= 0.6 is 0 Å². The predicted molar refractivity (Wildman–Crippen MR) is 93.8 cm³/mol. The summed E-state index contributed by atoms with van der Waals surface area (Å²) in [7, 11) is 0. The summed E-state index contributed by atoms with van der Waals surface area (Å²) in [6.45, 7) is -0.0682. The molecule has 0 aromatic heterocycles. The Bertz CT molecular complexity index is 767. The molecule has 1 amide bonds. The molecule has 0 saturated heterocycles. The third-order valence-electron chi connectivity index (χ3n) is 4.36. The number of fused-ring (bicyclic) bond motifs is 1. The molecule has 1 aliphatic carbocycles. The minimum atomic E-state index is -0.284. The van der Waals surface area contributed by atoms with Crippen LogP contribution in [0.4, 0.5) is 0 Å². The van der Waals surface area contributed by atoms with E-state index >= 15 is 0 Å². The number of hydrogen-bond donors (Lipinski definition) is 3. The summed E-state index contributed by atoms with van der Waals surface area (Å²) in [4.78, 5) is 12.6. The van der Waals surface area contributed by atoms with Crippen LogP contribution in [0, 0.1) is 0 Å². The van der Waals surface area contributed by atoms with Gasteiger partial charge in [0.15, 0.2) is 0 Å². The number of amides is 1. The van der Waals surface area contributed by atoms with Gasteiger partial charge in [0.2, 0.25) is 0 Å². The fourth-order valence-electron chi connectivity index (χ4n) is 3.17. The number of rotatable bonds is 4. The molecule has 4 nitrogen and oxygen atoms in total. The van der Waals surface area contributed by atoms with Gasteiger partial charge in [-0.25, -0.2) is 0 Å². The third kappa shape index (κ3) is 3.49. The highest BCUT2D eigenvalue weighted by atomic mass is 16.3. The molecule has 0 radical (unpaired) electrons. The molecule has 1 atom stereocenters. The van der Waals surface area contributed by atoms with Crippen molar-refractivity contribution in [2.24, 2.45) is 0 Å². The zero-order chi connectivity index (χ0) is 16.9. The lowest BCUT2D eigenvalue weighted by Crippen LogP contribution is -2.31. The summed E-state index contributed by atoms with van der Waals surface area (Å²) in [5, 5.41) is 21.9. The van der Waals surface area contributed by atoms with Crippen LogP contribution in [-0.2, 0) is 6.42 Å². The van der Waals surface area contributed by atoms with E-state index in [1.54, 1.807) is 24.3 Å². The normalized spacial score (nSPS) is 16.8. The lowest BCUT2D eigenvalue weighted by Gasteiger charge is -2.26. The number of nitrogens with one attached hydrogen (secondary N) is 1. The number of aryl methyl sites for hydroxylation is 1. The van der Waals surface area contributed by atoms with Gasteiger partial charge in [0.25, 0.3) is 5.91 Å². The zero-order valence-corrected chi connectivity index (χ0v) is 13.4. The highest BCUT2D eigenvalue weighted by molar-refractivity contribution is 5.97. The quantitative estimate of drug-likeness (QED) is 0.809. The summed E-state index contributed by atoms with van der Waals surface area (Å²) in [6, 6.07) is 13.0. The van der Waals surface area contributed by atoms with Crippen LogP contribution < -0.4 is 5.32 Å². The maximum atomic E-state index is 12.6. The number of benzene rings is 2. The van der Waals surface area contributed by atoms with Gasteiger partial charge in [-0.05, 0) is 48.1 Å². The van der Waals surface area contributed by atoms with Gasteiger partial charge in [-0.2, -0.15) is 0 Å². The zero-order valence-electron chi connectivity index (χ0n) is 13.4. The molecule has 0 aliphatic heterocycles. The first-order chi connectivity index (χ1) is 11.7. The van der Waals surface area contributed by atoms with Crippen molar-refractivity contribution in [1.29, 1.82) is 0 Å². The van der Waals surface area contributed by atoms with E-state index < -0.39 is 0 Å². The monoisotopic (exact) mass is 323 g/mol. The maximum absolute atomic E-state index is 12.6. The van der Waals surface area contributed by atoms with Crippen molar-refractivity contribution in [2.45, 2.75) is 25.3 Å². The first-order valence-electron chi connectivity index (χ1n) is 8.18. The average Bonchev–Trinajstić information content (AvgIpc) is 2.61. The molecule has 2 aromatic carbocycles. The average molecular weight is 323 g/mol. The number of aliphatic hydroxyl groups is 1. The lowest BCUT2D eigenvalue weighted by atomic mass is 9.87. The Morgan fingerprint density at radius 3 is 2.92 bits per heavy atom. The van der Waals surface area contributed by atoms with E-state index in [4.69, 9.17) is 5.11 Å². The fourth-order valence-corrected chi connectivity index (χ4v) is 3.17. The Morgan fingerprint density at radius 2 is 2.08 bits per heavy atom. The van der Waals surface area contributed by atoms with Crippen molar-refractivity contribution in [1.82, 2.24) is 5.32 Å². The molecule has 124 valence electrons. The van der Waals surface area contributed by atoms with Crippen molar-refractivity contribution in [3.05, 3.63) is 70.8 Å². The van der Waals surface area contributed by atoms with Gasteiger partial charge in [-0.3, -0.25) is 4.79 Å². The second-order valence-corrected chi connectivity index (χ2v) is 5.98. The van der Waals surface area contributed by atoms with Crippen LogP contribution in [0.5, 0.6) is 5.75 Å². The van der Waals surface area contributed by atoms with Crippen LogP contribution in [0.15, 0.2) is 48.5 Å². The standard InChI is InChI=1S/C20H21NO3/c22-12-4-5-14-10-11-19(23)17(13-14)20(24)21-18-9-3-7-15-6-1-2-8-16(15)18/h1-2,4-6,8,10-11,13,18,22-23H,3,7,9,12H2,(H,21,24)/b5-4+. The Labute approximate surface area is 141 Å². The number of aliphatic hydroxyl groups excluding tert-OH is 1. The maximum Gasteiger partial charge on any atom is 0.255 e. The van der Waals surface area contributed by atoms with E-state index in [2.05, 4.69) is 17.4 Å². The summed E-state index contributed by atoms with van der Waals surface area (Å²) in [6.07, 6.45) is 6.27. The van der Waals surface area contributed by atoms with Gasteiger partial charge in [0.05, 0.1) is 18.2 Å². The van der Waals surface area contributed by atoms with Gasteiger partial charge in [0.1, 0.15) is 5.75 Å². The third-order valence-corrected chi connectivity index (χ3v) is 4.36. The molecule has 0 spiro atoms. The number of phenolic OH excluding ortho intramolecular Hbond substituents is 1. The second-order valence-electron chi connectivity index (χ2n) is 5.98. The van der Waals surface area contributed by atoms with E-state index in [-0.39, 0.29) is 29.9 Å². The molecule has 0 heterocycles. The van der Waals surface area contributed by atoms with E-state index in [1.165, 1.54) is 11.6 Å². The number of phenols is 1. The molecule has 3 N–H and O–H groups in total. The lowest BCUT2D eigenvalue weighted by molar-refractivity contribution is 0.0930. The van der Waals surface area contributed by atoms with Gasteiger partial charge >= 0.3 is 0 Å². The molecule has 3 rings (SSSR count). The Kier molecular flexibility index (Phi) is 4.96. The van der Waals surface area contributed by atoms with Crippen molar-refractivity contribution >= 4 is 12.0 Å². The molecular formula is C20H21NO3. The van der Waals surface area contributed by atoms with E-state index in [0.717, 1.165) is 30.4 Å². The van der Waals surface area contributed by atoms with Crippen LogP contribution in [0.2, 0.25) is 0 Å². The summed E-state index contributed by atoms with van der Waals surface area (Å²) in [5.41, 5.74) is 3.44. The van der Waals surface area contributed by atoms with Gasteiger partial charge in [-0.15, -0.1) is 0 Å². The molecule has 0 fully saturated rings. The molecule has 0 bridgehead atoms. The molecule has 1 aliphatic rings. The topological polar surface area (TPSA) is 69.6 Å². The molecule has 1 unspecified atom stereocenters. The van der Waals surface area contributed by atoms with Crippen LogP contribution in [0.25, 0.3) is 6.08 Å². The Morgan fingerprint density at radius 1 is 1.25 bits per heavy atom. The van der Waals surface area contributed by atoms with Crippen molar-refractivity contribution in [2.75, 3.05) is 6.61 Å². The number of aromatic hydroxyl groups is 1. The van der Waals surface area contributed by atoms with Gasteiger partial charge in [-0.1, -0.05) is 42.5 Å². The SMILES string of the molecule is O=C(NC1CCCc2ccccc21)c1cc(/C=C/CO)ccc1O. The predicted octanol–water partition coefficient (Wildman–Crippen LogP) is 3.21. The first-order valence-corrected chi connectivity index (χ1v) is 8.18. The molecular weight excluding hydrogens is 302 g/mol.